The molecule has 89 valence electrons. The molecule has 0 atom stereocenters. The fraction of sp³-hybridized carbons (Fsp3) is 0.133. The Labute approximate surface area is 106 Å². The average Bonchev–Trinajstić information content (AvgIpc) is 2.86. The molecule has 3 aromatic rings. The van der Waals surface area contributed by atoms with E-state index in [0.29, 0.717) is 0 Å². The normalized spacial score (nSPS) is 10.8. The molecule has 0 saturated heterocycles. The molecule has 3 nitrogen and oxygen atoms in total. The van der Waals surface area contributed by atoms with Crippen molar-refractivity contribution in [2.24, 2.45) is 0 Å². The summed E-state index contributed by atoms with van der Waals surface area (Å²) >= 11 is 0. The summed E-state index contributed by atoms with van der Waals surface area (Å²) in [5.74, 6) is 0. The van der Waals surface area contributed by atoms with Gasteiger partial charge in [0, 0.05) is 49.2 Å². The van der Waals surface area contributed by atoms with Gasteiger partial charge in [-0.15, -0.1) is 0 Å². The second-order valence-electron chi connectivity index (χ2n) is 4.49. The minimum atomic E-state index is 0.878. The van der Waals surface area contributed by atoms with Gasteiger partial charge in [-0.3, -0.25) is 0 Å². The Kier molecular flexibility index (Phi) is 2.52. The first-order valence-corrected chi connectivity index (χ1v) is 5.86. The number of nitrogens with one attached hydrogen (secondary N) is 1. The Morgan fingerprint density at radius 3 is 2.61 bits per heavy atom. The van der Waals surface area contributed by atoms with Gasteiger partial charge in [-0.2, -0.15) is 0 Å². The van der Waals surface area contributed by atoms with Crippen molar-refractivity contribution in [1.29, 1.82) is 0 Å². The lowest BCUT2D eigenvalue weighted by Gasteiger charge is -2.12. The zero-order valence-electron chi connectivity index (χ0n) is 10.4. The lowest BCUT2D eigenvalue weighted by molar-refractivity contribution is 1.13. The Balaban J connectivity index is 2.02. The summed E-state index contributed by atoms with van der Waals surface area (Å²) in [6.07, 6.45) is 3.67. The molecule has 0 bridgehead atoms. The van der Waals surface area contributed by atoms with Crippen molar-refractivity contribution in [3.63, 3.8) is 0 Å². The molecule has 1 radical (unpaired) electrons. The number of aromatic amines is 1. The molecule has 1 aromatic carbocycles. The van der Waals surface area contributed by atoms with E-state index >= 15 is 0 Å². The first-order chi connectivity index (χ1) is 8.74. The number of pyridine rings is 1. The molecule has 0 amide bonds. The quantitative estimate of drug-likeness (QED) is 0.741. The number of hydrogen-bond donors (Lipinski definition) is 1. The van der Waals surface area contributed by atoms with Crippen LogP contribution >= 0.6 is 0 Å². The van der Waals surface area contributed by atoms with Crippen molar-refractivity contribution in [3.8, 4) is 11.1 Å². The van der Waals surface area contributed by atoms with Gasteiger partial charge in [0.25, 0.3) is 0 Å². The minimum Gasteiger partial charge on any atom is -0.378 e. The molecule has 1 N–H and O–H groups in total. The van der Waals surface area contributed by atoms with Gasteiger partial charge in [-0.05, 0) is 23.8 Å². The fourth-order valence-corrected chi connectivity index (χ4v) is 1.98. The average molecular weight is 236 g/mol. The molecule has 2 aromatic heterocycles. The van der Waals surface area contributed by atoms with Crippen LogP contribution in [-0.4, -0.2) is 24.1 Å². The molecule has 0 aliphatic rings. The summed E-state index contributed by atoms with van der Waals surface area (Å²) in [5, 5.41) is 1.02. The first kappa shape index (κ1) is 10.8. The number of hydrogen-bond acceptors (Lipinski definition) is 2. The minimum absolute atomic E-state index is 0.878. The predicted molar refractivity (Wildman–Crippen MR) is 74.7 cm³/mol. The highest BCUT2D eigenvalue weighted by atomic mass is 15.1. The van der Waals surface area contributed by atoms with Crippen LogP contribution in [0.5, 0.6) is 0 Å². The van der Waals surface area contributed by atoms with Gasteiger partial charge >= 0.3 is 0 Å². The molecule has 0 fully saturated rings. The van der Waals surface area contributed by atoms with Crippen molar-refractivity contribution < 1.29 is 0 Å². The molecule has 0 saturated carbocycles. The Morgan fingerprint density at radius 1 is 1.11 bits per heavy atom. The van der Waals surface area contributed by atoms with E-state index in [2.05, 4.69) is 51.3 Å². The lowest BCUT2D eigenvalue weighted by atomic mass is 10.1. The monoisotopic (exact) mass is 236 g/mol. The summed E-state index contributed by atoms with van der Waals surface area (Å²) < 4.78 is 0. The van der Waals surface area contributed by atoms with Crippen LogP contribution in [-0.2, 0) is 0 Å². The molecule has 18 heavy (non-hydrogen) atoms. The number of H-pyrrole nitrogens is 1. The van der Waals surface area contributed by atoms with Gasteiger partial charge in [0.15, 0.2) is 0 Å². The molecule has 3 rings (SSSR count). The van der Waals surface area contributed by atoms with Gasteiger partial charge in [0.2, 0.25) is 0 Å². The number of rotatable bonds is 2. The SMILES string of the molecule is CN(C)c1ccc(-c2cnc3[nH]c[c]c3c2)cc1. The van der Waals surface area contributed by atoms with E-state index in [1.165, 1.54) is 11.3 Å². The molecular formula is C15H14N3. The van der Waals surface area contributed by atoms with Crippen molar-refractivity contribution >= 4 is 16.7 Å². The number of aromatic nitrogens is 2. The molecular weight excluding hydrogens is 222 g/mol. The molecule has 0 unspecified atom stereocenters. The Hall–Kier alpha value is -2.29. The number of anilines is 1. The second-order valence-corrected chi connectivity index (χ2v) is 4.49. The van der Waals surface area contributed by atoms with E-state index in [9.17, 15) is 0 Å². The van der Waals surface area contributed by atoms with Gasteiger partial charge in [0.1, 0.15) is 5.65 Å². The third kappa shape index (κ3) is 1.84. The maximum Gasteiger partial charge on any atom is 0.137 e. The Bertz CT molecular complexity index is 666. The van der Waals surface area contributed by atoms with Gasteiger partial charge in [0.05, 0.1) is 0 Å². The third-order valence-corrected chi connectivity index (χ3v) is 3.04. The summed E-state index contributed by atoms with van der Waals surface area (Å²) in [6.45, 7) is 0. The van der Waals surface area contributed by atoms with Gasteiger partial charge in [-0.25, -0.2) is 4.98 Å². The summed E-state index contributed by atoms with van der Waals surface area (Å²) in [5.41, 5.74) is 4.36. The van der Waals surface area contributed by atoms with E-state index in [0.717, 1.165) is 16.6 Å². The van der Waals surface area contributed by atoms with E-state index < -0.39 is 0 Å². The summed E-state index contributed by atoms with van der Waals surface area (Å²) in [7, 11) is 4.08. The smallest absolute Gasteiger partial charge is 0.137 e. The van der Waals surface area contributed by atoms with Crippen LogP contribution in [0.3, 0.4) is 0 Å². The van der Waals surface area contributed by atoms with Gasteiger partial charge < -0.3 is 9.88 Å². The summed E-state index contributed by atoms with van der Waals surface area (Å²) in [6, 6.07) is 13.7. The molecule has 0 spiro atoms. The standard InChI is InChI=1S/C15H14N3/c1-18(2)14-5-3-11(4-6-14)13-9-12-7-8-16-15(12)17-10-13/h3-6,8-10H,1-2H3,(H,16,17). The van der Waals surface area contributed by atoms with Crippen molar-refractivity contribution in [1.82, 2.24) is 9.97 Å². The van der Waals surface area contributed by atoms with Gasteiger partial charge in [-0.1, -0.05) is 12.1 Å². The number of benzene rings is 1. The Morgan fingerprint density at radius 2 is 1.89 bits per heavy atom. The second kappa shape index (κ2) is 4.18. The van der Waals surface area contributed by atoms with Crippen LogP contribution in [0.2, 0.25) is 0 Å². The summed E-state index contributed by atoms with van der Waals surface area (Å²) in [4.78, 5) is 9.52. The highest BCUT2D eigenvalue weighted by Crippen LogP contribution is 2.24. The van der Waals surface area contributed by atoms with Crippen molar-refractivity contribution in [3.05, 3.63) is 48.8 Å². The zero-order valence-corrected chi connectivity index (χ0v) is 10.4. The molecule has 3 heteroatoms. The highest BCUT2D eigenvalue weighted by molar-refractivity contribution is 5.81. The fourth-order valence-electron chi connectivity index (χ4n) is 1.98. The van der Waals surface area contributed by atoms with E-state index in [1.54, 1.807) is 6.20 Å². The van der Waals surface area contributed by atoms with Crippen LogP contribution in [0.25, 0.3) is 22.2 Å². The van der Waals surface area contributed by atoms with Crippen LogP contribution < -0.4 is 4.90 Å². The van der Waals surface area contributed by atoms with Crippen molar-refractivity contribution in [2.75, 3.05) is 19.0 Å². The van der Waals surface area contributed by atoms with Crippen molar-refractivity contribution in [2.45, 2.75) is 0 Å². The largest absolute Gasteiger partial charge is 0.378 e. The maximum atomic E-state index is 4.38. The van der Waals surface area contributed by atoms with E-state index in [4.69, 9.17) is 0 Å². The van der Waals surface area contributed by atoms with Crippen LogP contribution in [0.4, 0.5) is 5.69 Å². The molecule has 0 aliphatic heterocycles. The lowest BCUT2D eigenvalue weighted by Crippen LogP contribution is -2.07. The van der Waals surface area contributed by atoms with Crippen LogP contribution in [0.15, 0.2) is 42.7 Å². The predicted octanol–water partition coefficient (Wildman–Crippen LogP) is 3.10. The molecule has 2 heterocycles. The highest BCUT2D eigenvalue weighted by Gasteiger charge is 2.02. The van der Waals surface area contributed by atoms with E-state index in [1.807, 2.05) is 20.3 Å². The third-order valence-electron chi connectivity index (χ3n) is 3.04. The van der Waals surface area contributed by atoms with Crippen LogP contribution in [0.1, 0.15) is 0 Å². The zero-order chi connectivity index (χ0) is 12.5. The number of nitrogens with zero attached hydrogens (tertiary/aromatic N) is 2. The van der Waals surface area contributed by atoms with Crippen LogP contribution in [0, 0.1) is 6.07 Å². The maximum absolute atomic E-state index is 4.38. The van der Waals surface area contributed by atoms with E-state index in [-0.39, 0.29) is 0 Å². The first-order valence-electron chi connectivity index (χ1n) is 5.86. The molecule has 0 aliphatic carbocycles. The topological polar surface area (TPSA) is 31.9 Å². The number of fused-ring (bicyclic) bond motifs is 1.